The van der Waals surface area contributed by atoms with E-state index >= 15 is 0 Å². The highest BCUT2D eigenvalue weighted by Gasteiger charge is 2.16. The summed E-state index contributed by atoms with van der Waals surface area (Å²) in [4.78, 5) is 23.5. The first kappa shape index (κ1) is 16.1. The molecule has 0 aliphatic rings. The van der Waals surface area contributed by atoms with Gasteiger partial charge in [0.15, 0.2) is 0 Å². The minimum atomic E-state index is -0.802. The first-order valence-corrected chi connectivity index (χ1v) is 6.63. The Morgan fingerprint density at radius 1 is 0.913 bits per heavy atom. The summed E-state index contributed by atoms with van der Waals surface area (Å²) in [5, 5.41) is 18.6. The van der Waals surface area contributed by atoms with E-state index in [0.29, 0.717) is 0 Å². The molecule has 0 radical (unpaired) electrons. The Morgan fingerprint density at radius 3 is 1.96 bits per heavy atom. The molecule has 0 heterocycles. The molecule has 0 bridgehead atoms. The molecule has 0 aliphatic heterocycles. The number of esters is 2. The molecule has 23 heavy (non-hydrogen) atoms. The lowest BCUT2D eigenvalue weighted by molar-refractivity contribution is -0.136. The van der Waals surface area contributed by atoms with Gasteiger partial charge in [0, 0.05) is 17.7 Å². The van der Waals surface area contributed by atoms with E-state index < -0.39 is 11.9 Å². The third kappa shape index (κ3) is 4.89. The van der Waals surface area contributed by atoms with Crippen molar-refractivity contribution in [3.05, 3.63) is 60.7 Å². The Hall–Kier alpha value is -3.28. The van der Waals surface area contributed by atoms with Crippen molar-refractivity contribution in [3.8, 4) is 23.0 Å². The Kier molecular flexibility index (Phi) is 4.99. The molecule has 0 fully saturated rings. The highest BCUT2D eigenvalue weighted by Crippen LogP contribution is 2.20. The topological polar surface area (TPSA) is 93.1 Å². The van der Waals surface area contributed by atoms with Gasteiger partial charge in [0.1, 0.15) is 23.0 Å². The lowest BCUT2D eigenvalue weighted by Gasteiger charge is -2.07. The van der Waals surface area contributed by atoms with Gasteiger partial charge in [-0.1, -0.05) is 18.7 Å². The average Bonchev–Trinajstić information content (AvgIpc) is 2.47. The van der Waals surface area contributed by atoms with Crippen LogP contribution in [0.5, 0.6) is 23.0 Å². The van der Waals surface area contributed by atoms with E-state index in [0.717, 1.165) is 0 Å². The molecule has 2 aromatic rings. The van der Waals surface area contributed by atoms with Crippen LogP contribution >= 0.6 is 0 Å². The van der Waals surface area contributed by atoms with E-state index in [1.807, 2.05) is 0 Å². The minimum absolute atomic E-state index is 0.0441. The number of benzene rings is 2. The van der Waals surface area contributed by atoms with Crippen molar-refractivity contribution in [2.24, 2.45) is 0 Å². The quantitative estimate of drug-likeness (QED) is 0.500. The zero-order valence-electron chi connectivity index (χ0n) is 12.1. The van der Waals surface area contributed by atoms with Gasteiger partial charge in [0.25, 0.3) is 0 Å². The zero-order valence-corrected chi connectivity index (χ0v) is 12.1. The number of phenolic OH excluding ortho intramolecular Hbond substituents is 2. The molecule has 0 saturated heterocycles. The van der Waals surface area contributed by atoms with Crippen LogP contribution in [0.3, 0.4) is 0 Å². The fourth-order valence-electron chi connectivity index (χ4n) is 1.69. The highest BCUT2D eigenvalue weighted by atomic mass is 16.5. The summed E-state index contributed by atoms with van der Waals surface area (Å²) in [5.41, 5.74) is -0.0986. The maximum atomic E-state index is 11.8. The minimum Gasteiger partial charge on any atom is -0.508 e. The fourth-order valence-corrected chi connectivity index (χ4v) is 1.69. The van der Waals surface area contributed by atoms with Crippen LogP contribution in [0.25, 0.3) is 0 Å². The number of carbonyl (C=O) groups is 2. The largest absolute Gasteiger partial charge is 0.508 e. The predicted molar refractivity (Wildman–Crippen MR) is 81.2 cm³/mol. The van der Waals surface area contributed by atoms with Crippen LogP contribution in [0.4, 0.5) is 0 Å². The summed E-state index contributed by atoms with van der Waals surface area (Å²) < 4.78 is 9.96. The van der Waals surface area contributed by atoms with E-state index in [1.165, 1.54) is 48.5 Å². The van der Waals surface area contributed by atoms with Gasteiger partial charge in [0.2, 0.25) is 0 Å². The van der Waals surface area contributed by atoms with E-state index in [1.54, 1.807) is 0 Å². The zero-order chi connectivity index (χ0) is 16.8. The number of rotatable bonds is 5. The third-order valence-electron chi connectivity index (χ3n) is 2.72. The Bertz CT molecular complexity index is 750. The second-order valence-electron chi connectivity index (χ2n) is 4.64. The molecule has 2 N–H and O–H groups in total. The molecule has 0 unspecified atom stereocenters. The number of phenols is 2. The molecule has 2 aromatic carbocycles. The lowest BCUT2D eigenvalue weighted by Crippen LogP contribution is -2.16. The van der Waals surface area contributed by atoms with Crippen molar-refractivity contribution in [2.75, 3.05) is 0 Å². The molecule has 0 aromatic heterocycles. The van der Waals surface area contributed by atoms with Gasteiger partial charge in [0.05, 0.1) is 6.42 Å². The van der Waals surface area contributed by atoms with Crippen molar-refractivity contribution in [2.45, 2.75) is 6.42 Å². The molecule has 6 heteroatoms. The highest BCUT2D eigenvalue weighted by molar-refractivity contribution is 5.94. The number of hydrogen-bond donors (Lipinski definition) is 2. The molecule has 0 atom stereocenters. The standard InChI is InChI=1S/C17H14O6/c1-11(17(21)23-15-7-3-5-13(19)10-15)8-16(20)22-14-6-2-4-12(18)9-14/h2-7,9-10,18-19H,1,8H2. The summed E-state index contributed by atoms with van der Waals surface area (Å²) in [6.45, 7) is 3.49. The molecule has 2 rings (SSSR count). The lowest BCUT2D eigenvalue weighted by atomic mass is 10.2. The first-order chi connectivity index (χ1) is 10.9. The summed E-state index contributed by atoms with van der Waals surface area (Å²) >= 11 is 0. The SMILES string of the molecule is C=C(CC(=O)Oc1cccc(O)c1)C(=O)Oc1cccc(O)c1. The fraction of sp³-hybridized carbons (Fsp3) is 0.0588. The number of carbonyl (C=O) groups excluding carboxylic acids is 2. The van der Waals surface area contributed by atoms with Crippen LogP contribution in [0, 0.1) is 0 Å². The Morgan fingerprint density at radius 2 is 1.43 bits per heavy atom. The van der Waals surface area contributed by atoms with Crippen LogP contribution in [0.15, 0.2) is 60.7 Å². The second-order valence-corrected chi connectivity index (χ2v) is 4.64. The van der Waals surface area contributed by atoms with Crippen LogP contribution < -0.4 is 9.47 Å². The van der Waals surface area contributed by atoms with E-state index in [4.69, 9.17) is 9.47 Å². The van der Waals surface area contributed by atoms with Crippen LogP contribution in [0.2, 0.25) is 0 Å². The van der Waals surface area contributed by atoms with E-state index in [-0.39, 0.29) is 35.0 Å². The van der Waals surface area contributed by atoms with Crippen LogP contribution in [-0.4, -0.2) is 22.2 Å². The van der Waals surface area contributed by atoms with Gasteiger partial charge in [-0.2, -0.15) is 0 Å². The second kappa shape index (κ2) is 7.13. The molecule has 0 amide bonds. The van der Waals surface area contributed by atoms with E-state index in [9.17, 15) is 19.8 Å². The molecule has 118 valence electrons. The van der Waals surface area contributed by atoms with Crippen molar-refractivity contribution < 1.29 is 29.3 Å². The van der Waals surface area contributed by atoms with Crippen molar-refractivity contribution in [3.63, 3.8) is 0 Å². The van der Waals surface area contributed by atoms with Gasteiger partial charge < -0.3 is 19.7 Å². The van der Waals surface area contributed by atoms with Gasteiger partial charge >= 0.3 is 11.9 Å². The summed E-state index contributed by atoms with van der Waals surface area (Å²) in [6.07, 6.45) is -0.368. The van der Waals surface area contributed by atoms with Gasteiger partial charge in [-0.25, -0.2) is 4.79 Å². The number of hydrogen-bond acceptors (Lipinski definition) is 6. The summed E-state index contributed by atoms with van der Waals surface area (Å²) in [6, 6.07) is 11.4. The van der Waals surface area contributed by atoms with Gasteiger partial charge in [-0.3, -0.25) is 4.79 Å². The molecule has 0 saturated carbocycles. The molecule has 0 aliphatic carbocycles. The molecular weight excluding hydrogens is 300 g/mol. The van der Waals surface area contributed by atoms with Gasteiger partial charge in [-0.05, 0) is 24.3 Å². The smallest absolute Gasteiger partial charge is 0.339 e. The molecule has 6 nitrogen and oxygen atoms in total. The maximum absolute atomic E-state index is 11.8. The maximum Gasteiger partial charge on any atom is 0.339 e. The van der Waals surface area contributed by atoms with Crippen molar-refractivity contribution in [1.29, 1.82) is 0 Å². The Balaban J connectivity index is 1.90. The van der Waals surface area contributed by atoms with Crippen LogP contribution in [0.1, 0.15) is 6.42 Å². The molecule has 0 spiro atoms. The predicted octanol–water partition coefficient (Wildman–Crippen LogP) is 2.56. The number of aromatic hydroxyl groups is 2. The van der Waals surface area contributed by atoms with Crippen molar-refractivity contribution in [1.82, 2.24) is 0 Å². The molecular formula is C17H14O6. The summed E-state index contributed by atoms with van der Waals surface area (Å²) in [7, 11) is 0. The monoisotopic (exact) mass is 314 g/mol. The third-order valence-corrected chi connectivity index (χ3v) is 2.72. The van der Waals surface area contributed by atoms with E-state index in [2.05, 4.69) is 6.58 Å². The Labute approximate surface area is 132 Å². The van der Waals surface area contributed by atoms with Crippen LogP contribution in [-0.2, 0) is 9.59 Å². The number of ether oxygens (including phenoxy) is 2. The summed E-state index contributed by atoms with van der Waals surface area (Å²) in [5.74, 6) is -1.32. The average molecular weight is 314 g/mol. The first-order valence-electron chi connectivity index (χ1n) is 6.63. The van der Waals surface area contributed by atoms with Gasteiger partial charge in [-0.15, -0.1) is 0 Å². The van der Waals surface area contributed by atoms with Crippen molar-refractivity contribution >= 4 is 11.9 Å². The normalized spacial score (nSPS) is 9.91.